The number of imidazole rings is 1. The van der Waals surface area contributed by atoms with Gasteiger partial charge in [-0.15, -0.1) is 0 Å². The number of H-pyrrole nitrogens is 1. The van der Waals surface area contributed by atoms with Crippen LogP contribution in [0.3, 0.4) is 0 Å². The van der Waals surface area contributed by atoms with Gasteiger partial charge in [-0.2, -0.15) is 5.10 Å². The van der Waals surface area contributed by atoms with E-state index in [1.54, 1.807) is 6.21 Å². The first-order valence-corrected chi connectivity index (χ1v) is 9.10. The molecule has 128 valence electrons. The molecule has 1 heterocycles. The molecule has 0 unspecified atom stereocenters. The lowest BCUT2D eigenvalue weighted by Crippen LogP contribution is -2.19. The molecule has 0 aliphatic rings. The minimum absolute atomic E-state index is 0.166. The van der Waals surface area contributed by atoms with Gasteiger partial charge < -0.3 is 4.98 Å². The van der Waals surface area contributed by atoms with Crippen LogP contribution in [-0.4, -0.2) is 27.8 Å². The van der Waals surface area contributed by atoms with Gasteiger partial charge in [-0.3, -0.25) is 4.79 Å². The summed E-state index contributed by atoms with van der Waals surface area (Å²) >= 11 is 1.35. The number of aromatic amines is 1. The lowest BCUT2D eigenvalue weighted by Gasteiger charge is -2.04. The highest BCUT2D eigenvalue weighted by Crippen LogP contribution is 2.18. The lowest BCUT2D eigenvalue weighted by molar-refractivity contribution is -0.118. The molecule has 0 aliphatic heterocycles. The molecular formula is C19H20N4OS. The minimum atomic E-state index is -0.166. The van der Waals surface area contributed by atoms with E-state index < -0.39 is 0 Å². The number of carbonyl (C=O) groups excluding carboxylic acids is 1. The van der Waals surface area contributed by atoms with E-state index in [4.69, 9.17) is 0 Å². The zero-order chi connectivity index (χ0) is 17.6. The van der Waals surface area contributed by atoms with Crippen molar-refractivity contribution in [2.24, 2.45) is 5.10 Å². The Balaban J connectivity index is 1.48. The molecule has 1 aromatic heterocycles. The van der Waals surface area contributed by atoms with Crippen LogP contribution < -0.4 is 5.43 Å². The van der Waals surface area contributed by atoms with E-state index in [0.29, 0.717) is 5.92 Å². The number of amides is 1. The number of aromatic nitrogens is 2. The second kappa shape index (κ2) is 7.98. The highest BCUT2D eigenvalue weighted by molar-refractivity contribution is 7.99. The van der Waals surface area contributed by atoms with Crippen molar-refractivity contribution in [1.29, 1.82) is 0 Å². The van der Waals surface area contributed by atoms with Crippen LogP contribution in [0.1, 0.15) is 30.9 Å². The van der Waals surface area contributed by atoms with Gasteiger partial charge in [0.15, 0.2) is 5.16 Å². The van der Waals surface area contributed by atoms with Crippen LogP contribution in [0.5, 0.6) is 0 Å². The maximum Gasteiger partial charge on any atom is 0.250 e. The zero-order valence-electron chi connectivity index (χ0n) is 14.2. The van der Waals surface area contributed by atoms with Gasteiger partial charge in [0.1, 0.15) is 0 Å². The second-order valence-electron chi connectivity index (χ2n) is 5.96. The predicted octanol–water partition coefficient (Wildman–Crippen LogP) is 3.93. The fraction of sp³-hybridized carbons (Fsp3) is 0.211. The molecule has 0 radical (unpaired) electrons. The number of hydrogen-bond acceptors (Lipinski definition) is 4. The average molecular weight is 352 g/mol. The summed E-state index contributed by atoms with van der Waals surface area (Å²) in [5, 5.41) is 4.73. The number of nitrogens with one attached hydrogen (secondary N) is 2. The highest BCUT2D eigenvalue weighted by Gasteiger charge is 2.06. The van der Waals surface area contributed by atoms with E-state index in [1.807, 2.05) is 36.4 Å². The van der Waals surface area contributed by atoms with Gasteiger partial charge in [0, 0.05) is 0 Å². The smallest absolute Gasteiger partial charge is 0.250 e. The number of carbonyl (C=O) groups is 1. The molecule has 0 spiro atoms. The van der Waals surface area contributed by atoms with Crippen LogP contribution in [0.2, 0.25) is 0 Å². The van der Waals surface area contributed by atoms with Crippen molar-refractivity contribution in [3.05, 3.63) is 59.7 Å². The summed E-state index contributed by atoms with van der Waals surface area (Å²) in [6, 6.07) is 15.9. The SMILES string of the molecule is CC(C)c1ccc(C=NNC(=O)CSc2nc3ccccc3[nH]2)cc1. The number of rotatable bonds is 6. The van der Waals surface area contributed by atoms with Crippen molar-refractivity contribution in [2.75, 3.05) is 5.75 Å². The van der Waals surface area contributed by atoms with Crippen molar-refractivity contribution >= 4 is 34.9 Å². The van der Waals surface area contributed by atoms with E-state index in [9.17, 15) is 4.79 Å². The number of hydrogen-bond donors (Lipinski definition) is 2. The van der Waals surface area contributed by atoms with Gasteiger partial charge in [-0.25, -0.2) is 10.4 Å². The molecule has 3 aromatic rings. The molecule has 0 saturated heterocycles. The quantitative estimate of drug-likeness (QED) is 0.401. The summed E-state index contributed by atoms with van der Waals surface area (Å²) in [5.74, 6) is 0.588. The van der Waals surface area contributed by atoms with E-state index in [1.165, 1.54) is 17.3 Å². The number of para-hydroxylation sites is 2. The molecule has 0 atom stereocenters. The second-order valence-corrected chi connectivity index (χ2v) is 6.93. The third kappa shape index (κ3) is 4.70. The Morgan fingerprint density at radius 3 is 2.72 bits per heavy atom. The Kier molecular flexibility index (Phi) is 5.50. The number of hydrazone groups is 1. The first-order valence-electron chi connectivity index (χ1n) is 8.11. The number of benzene rings is 2. The van der Waals surface area contributed by atoms with Gasteiger partial charge >= 0.3 is 0 Å². The van der Waals surface area contributed by atoms with Crippen LogP contribution in [0.25, 0.3) is 11.0 Å². The number of thioether (sulfide) groups is 1. The largest absolute Gasteiger partial charge is 0.333 e. The van der Waals surface area contributed by atoms with E-state index in [-0.39, 0.29) is 11.7 Å². The maximum atomic E-state index is 11.9. The normalized spacial score (nSPS) is 11.5. The van der Waals surface area contributed by atoms with E-state index in [0.717, 1.165) is 21.8 Å². The summed E-state index contributed by atoms with van der Waals surface area (Å²) in [7, 11) is 0. The molecule has 2 aromatic carbocycles. The highest BCUT2D eigenvalue weighted by atomic mass is 32.2. The van der Waals surface area contributed by atoms with E-state index in [2.05, 4.69) is 46.5 Å². The Morgan fingerprint density at radius 2 is 2.00 bits per heavy atom. The van der Waals surface area contributed by atoms with Gasteiger partial charge in [0.2, 0.25) is 0 Å². The molecule has 0 bridgehead atoms. The molecule has 0 fully saturated rings. The maximum absolute atomic E-state index is 11.9. The molecule has 1 amide bonds. The average Bonchev–Trinajstić information content (AvgIpc) is 3.03. The molecular weight excluding hydrogens is 332 g/mol. The molecule has 5 nitrogen and oxygen atoms in total. The lowest BCUT2D eigenvalue weighted by atomic mass is 10.0. The Morgan fingerprint density at radius 1 is 1.24 bits per heavy atom. The van der Waals surface area contributed by atoms with Crippen molar-refractivity contribution in [3.8, 4) is 0 Å². The van der Waals surface area contributed by atoms with Crippen LogP contribution in [0.4, 0.5) is 0 Å². The van der Waals surface area contributed by atoms with Gasteiger partial charge in [0.25, 0.3) is 5.91 Å². The molecule has 3 rings (SSSR count). The van der Waals surface area contributed by atoms with Crippen LogP contribution >= 0.6 is 11.8 Å². The van der Waals surface area contributed by atoms with Gasteiger partial charge in [0.05, 0.1) is 23.0 Å². The van der Waals surface area contributed by atoms with Crippen molar-refractivity contribution in [2.45, 2.75) is 24.9 Å². The topological polar surface area (TPSA) is 70.1 Å². The Bertz CT molecular complexity index is 851. The third-order valence-electron chi connectivity index (χ3n) is 3.71. The predicted molar refractivity (Wildman–Crippen MR) is 103 cm³/mol. The van der Waals surface area contributed by atoms with Crippen LogP contribution in [-0.2, 0) is 4.79 Å². The van der Waals surface area contributed by atoms with Gasteiger partial charge in [-0.1, -0.05) is 62.0 Å². The summed E-state index contributed by atoms with van der Waals surface area (Å²) < 4.78 is 0. The molecule has 0 aliphatic carbocycles. The van der Waals surface area contributed by atoms with E-state index >= 15 is 0 Å². The van der Waals surface area contributed by atoms with Crippen molar-refractivity contribution in [3.63, 3.8) is 0 Å². The van der Waals surface area contributed by atoms with Crippen molar-refractivity contribution in [1.82, 2.24) is 15.4 Å². The summed E-state index contributed by atoms with van der Waals surface area (Å²) in [5.41, 5.74) is 6.64. The number of nitrogens with zero attached hydrogens (tertiary/aromatic N) is 2. The molecule has 0 saturated carbocycles. The molecule has 2 N–H and O–H groups in total. The summed E-state index contributed by atoms with van der Waals surface area (Å²) in [6.45, 7) is 4.31. The molecule has 6 heteroatoms. The van der Waals surface area contributed by atoms with Gasteiger partial charge in [-0.05, 0) is 29.2 Å². The first-order chi connectivity index (χ1) is 12.1. The fourth-order valence-electron chi connectivity index (χ4n) is 2.31. The minimum Gasteiger partial charge on any atom is -0.333 e. The van der Waals surface area contributed by atoms with Crippen LogP contribution in [0, 0.1) is 0 Å². The Labute approximate surface area is 150 Å². The zero-order valence-corrected chi connectivity index (χ0v) is 15.0. The first kappa shape index (κ1) is 17.2. The molecule has 25 heavy (non-hydrogen) atoms. The monoisotopic (exact) mass is 352 g/mol. The standard InChI is InChI=1S/C19H20N4OS/c1-13(2)15-9-7-14(8-10-15)11-20-23-18(24)12-25-19-21-16-5-3-4-6-17(16)22-19/h3-11,13H,12H2,1-2H3,(H,21,22)(H,23,24). The summed E-state index contributed by atoms with van der Waals surface area (Å²) in [6.07, 6.45) is 1.65. The third-order valence-corrected chi connectivity index (χ3v) is 4.59. The number of fused-ring (bicyclic) bond motifs is 1. The van der Waals surface area contributed by atoms with Crippen LogP contribution in [0.15, 0.2) is 58.8 Å². The fourth-order valence-corrected chi connectivity index (χ4v) is 2.99. The summed E-state index contributed by atoms with van der Waals surface area (Å²) in [4.78, 5) is 19.5. The Hall–Kier alpha value is -2.60. The van der Waals surface area contributed by atoms with Crippen molar-refractivity contribution < 1.29 is 4.79 Å².